The maximum Gasteiger partial charge on any atom is 0.332 e. The maximum atomic E-state index is 12.4. The van der Waals surface area contributed by atoms with Gasteiger partial charge in [0, 0.05) is 30.1 Å². The monoisotopic (exact) mass is 431 g/mol. The molecule has 29 heavy (non-hydrogen) atoms. The number of thiazole rings is 1. The summed E-state index contributed by atoms with van der Waals surface area (Å²) in [6.07, 6.45) is -0.222. The number of benzene rings is 1. The van der Waals surface area contributed by atoms with Crippen molar-refractivity contribution in [3.8, 4) is 11.3 Å². The number of halogens is 1. The standard InChI is InChI=1S/C18H14ClN5O4S/c1-23-15-14(16(26)24(2)18(23)27)12(28-22-15)7-13(25)21-17-20-11(8-29-17)9-3-5-10(19)6-4-9/h3-6,8H,7H2,1-2H3,(H,20,21,25). The van der Waals surface area contributed by atoms with E-state index in [9.17, 15) is 14.4 Å². The number of aromatic nitrogens is 4. The van der Waals surface area contributed by atoms with Gasteiger partial charge in [0.15, 0.2) is 16.5 Å². The highest BCUT2D eigenvalue weighted by Gasteiger charge is 2.20. The topological polar surface area (TPSA) is 112 Å². The minimum Gasteiger partial charge on any atom is -0.358 e. The van der Waals surface area contributed by atoms with E-state index in [0.29, 0.717) is 15.8 Å². The van der Waals surface area contributed by atoms with Crippen LogP contribution in [0.1, 0.15) is 5.76 Å². The summed E-state index contributed by atoms with van der Waals surface area (Å²) in [6, 6.07) is 7.20. The van der Waals surface area contributed by atoms with Gasteiger partial charge in [-0.1, -0.05) is 28.9 Å². The van der Waals surface area contributed by atoms with Gasteiger partial charge >= 0.3 is 5.69 Å². The molecule has 0 saturated carbocycles. The zero-order chi connectivity index (χ0) is 20.7. The number of nitrogens with one attached hydrogen (secondary N) is 1. The first-order chi connectivity index (χ1) is 13.8. The highest BCUT2D eigenvalue weighted by molar-refractivity contribution is 7.14. The Labute approximate surface area is 172 Å². The first-order valence-electron chi connectivity index (χ1n) is 8.40. The lowest BCUT2D eigenvalue weighted by Gasteiger charge is -2.02. The molecular weight excluding hydrogens is 418 g/mol. The number of nitrogens with zero attached hydrogens (tertiary/aromatic N) is 4. The first-order valence-corrected chi connectivity index (χ1v) is 9.66. The third-order valence-corrected chi connectivity index (χ3v) is 5.38. The second kappa shape index (κ2) is 7.30. The number of hydrogen-bond acceptors (Lipinski definition) is 7. The summed E-state index contributed by atoms with van der Waals surface area (Å²) in [4.78, 5) is 41.2. The second-order valence-corrected chi connectivity index (χ2v) is 7.57. The third kappa shape index (κ3) is 3.47. The molecule has 3 heterocycles. The minimum absolute atomic E-state index is 0.0863. The van der Waals surface area contributed by atoms with E-state index in [4.69, 9.17) is 16.1 Å². The molecular formula is C18H14ClN5O4S. The van der Waals surface area contributed by atoms with Crippen LogP contribution in [-0.2, 0) is 25.3 Å². The van der Waals surface area contributed by atoms with Crippen molar-refractivity contribution >= 4 is 45.0 Å². The lowest BCUT2D eigenvalue weighted by atomic mass is 10.2. The fourth-order valence-corrected chi connectivity index (χ4v) is 3.70. The van der Waals surface area contributed by atoms with E-state index in [1.165, 1.54) is 30.0 Å². The van der Waals surface area contributed by atoms with Crippen molar-refractivity contribution in [2.45, 2.75) is 6.42 Å². The molecule has 3 aromatic heterocycles. The van der Waals surface area contributed by atoms with E-state index >= 15 is 0 Å². The number of hydrogen-bond donors (Lipinski definition) is 1. The molecule has 0 atom stereocenters. The van der Waals surface area contributed by atoms with Gasteiger partial charge in [-0.05, 0) is 12.1 Å². The van der Waals surface area contributed by atoms with Crippen molar-refractivity contribution in [2.75, 3.05) is 5.32 Å². The van der Waals surface area contributed by atoms with Gasteiger partial charge in [0.2, 0.25) is 5.91 Å². The molecule has 0 aliphatic carbocycles. The molecule has 11 heteroatoms. The Morgan fingerprint density at radius 2 is 1.93 bits per heavy atom. The summed E-state index contributed by atoms with van der Waals surface area (Å²) in [5, 5.41) is 9.39. The highest BCUT2D eigenvalue weighted by atomic mass is 35.5. The van der Waals surface area contributed by atoms with E-state index in [1.807, 2.05) is 17.5 Å². The summed E-state index contributed by atoms with van der Waals surface area (Å²) in [5.41, 5.74) is 0.587. The Morgan fingerprint density at radius 1 is 1.21 bits per heavy atom. The van der Waals surface area contributed by atoms with Gasteiger partial charge in [0.25, 0.3) is 5.56 Å². The van der Waals surface area contributed by atoms with E-state index in [0.717, 1.165) is 10.1 Å². The maximum absolute atomic E-state index is 12.4. The van der Waals surface area contributed by atoms with Crippen LogP contribution in [0.2, 0.25) is 5.02 Å². The van der Waals surface area contributed by atoms with Crippen molar-refractivity contribution < 1.29 is 9.32 Å². The molecule has 9 nitrogen and oxygen atoms in total. The van der Waals surface area contributed by atoms with Crippen LogP contribution in [0, 0.1) is 0 Å². The molecule has 0 radical (unpaired) electrons. The molecule has 0 fully saturated rings. The molecule has 4 rings (SSSR count). The molecule has 1 amide bonds. The van der Waals surface area contributed by atoms with Crippen LogP contribution in [-0.4, -0.2) is 25.2 Å². The Hall–Kier alpha value is -3.24. The molecule has 0 saturated heterocycles. The molecule has 0 bridgehead atoms. The van der Waals surface area contributed by atoms with Gasteiger partial charge in [0.1, 0.15) is 5.39 Å². The smallest absolute Gasteiger partial charge is 0.332 e. The zero-order valence-corrected chi connectivity index (χ0v) is 16.9. The first kappa shape index (κ1) is 19.1. The summed E-state index contributed by atoms with van der Waals surface area (Å²) in [7, 11) is 2.83. The van der Waals surface area contributed by atoms with Crippen LogP contribution in [0.15, 0.2) is 43.8 Å². The molecule has 1 aromatic carbocycles. The van der Waals surface area contributed by atoms with Crippen LogP contribution in [0.5, 0.6) is 0 Å². The predicted octanol–water partition coefficient (Wildman–Crippen LogP) is 2.18. The number of aryl methyl sites for hydroxylation is 1. The summed E-state index contributed by atoms with van der Waals surface area (Å²) < 4.78 is 7.31. The number of anilines is 1. The van der Waals surface area contributed by atoms with E-state index in [2.05, 4.69) is 15.5 Å². The van der Waals surface area contributed by atoms with Crippen molar-refractivity contribution in [3.05, 3.63) is 61.3 Å². The molecule has 0 spiro atoms. The zero-order valence-electron chi connectivity index (χ0n) is 15.3. The lowest BCUT2D eigenvalue weighted by Crippen LogP contribution is -2.37. The van der Waals surface area contributed by atoms with Gasteiger partial charge in [-0.3, -0.25) is 18.7 Å². The Bertz CT molecular complexity index is 1350. The molecule has 4 aromatic rings. The number of fused-ring (bicyclic) bond motifs is 1. The summed E-state index contributed by atoms with van der Waals surface area (Å²) in [6.45, 7) is 0. The average Bonchev–Trinajstić information content (AvgIpc) is 3.32. The van der Waals surface area contributed by atoms with E-state index < -0.39 is 17.2 Å². The van der Waals surface area contributed by atoms with Crippen molar-refractivity contribution in [2.24, 2.45) is 14.1 Å². The molecule has 1 N–H and O–H groups in total. The predicted molar refractivity (Wildman–Crippen MR) is 109 cm³/mol. The van der Waals surface area contributed by atoms with Gasteiger partial charge in [-0.15, -0.1) is 11.3 Å². The Morgan fingerprint density at radius 3 is 2.66 bits per heavy atom. The largest absolute Gasteiger partial charge is 0.358 e. The van der Waals surface area contributed by atoms with E-state index in [-0.39, 0.29) is 23.2 Å². The highest BCUT2D eigenvalue weighted by Crippen LogP contribution is 2.26. The lowest BCUT2D eigenvalue weighted by molar-refractivity contribution is -0.115. The number of rotatable bonds is 4. The number of carbonyl (C=O) groups excluding carboxylic acids is 1. The molecule has 0 aliphatic rings. The molecule has 148 valence electrons. The van der Waals surface area contributed by atoms with Crippen LogP contribution in [0.3, 0.4) is 0 Å². The fourth-order valence-electron chi connectivity index (χ4n) is 2.84. The Balaban J connectivity index is 1.56. The fraction of sp³-hybridized carbons (Fsp3) is 0.167. The van der Waals surface area contributed by atoms with Crippen LogP contribution in [0.4, 0.5) is 5.13 Å². The average molecular weight is 432 g/mol. The van der Waals surface area contributed by atoms with Gasteiger partial charge in [-0.25, -0.2) is 9.78 Å². The van der Waals surface area contributed by atoms with Crippen molar-refractivity contribution in [1.82, 2.24) is 19.3 Å². The van der Waals surface area contributed by atoms with Crippen molar-refractivity contribution in [3.63, 3.8) is 0 Å². The SMILES string of the molecule is Cn1c(=O)c2c(CC(=O)Nc3nc(-c4ccc(Cl)cc4)cs3)onc2n(C)c1=O. The Kier molecular flexibility index (Phi) is 4.81. The van der Waals surface area contributed by atoms with Crippen LogP contribution in [0.25, 0.3) is 22.3 Å². The van der Waals surface area contributed by atoms with Gasteiger partial charge < -0.3 is 9.84 Å². The normalized spacial score (nSPS) is 11.1. The number of carbonyl (C=O) groups is 1. The van der Waals surface area contributed by atoms with E-state index in [1.54, 1.807) is 12.1 Å². The van der Waals surface area contributed by atoms with Gasteiger partial charge in [0.05, 0.1) is 12.1 Å². The van der Waals surface area contributed by atoms with Crippen LogP contribution < -0.4 is 16.6 Å². The molecule has 0 unspecified atom stereocenters. The second-order valence-electron chi connectivity index (χ2n) is 6.28. The third-order valence-electron chi connectivity index (χ3n) is 4.37. The van der Waals surface area contributed by atoms with Crippen LogP contribution >= 0.6 is 22.9 Å². The minimum atomic E-state index is -0.563. The summed E-state index contributed by atoms with van der Waals surface area (Å²) >= 11 is 7.16. The number of amides is 1. The quantitative estimate of drug-likeness (QED) is 0.530. The van der Waals surface area contributed by atoms with Gasteiger partial charge in [-0.2, -0.15) is 0 Å². The molecule has 0 aliphatic heterocycles. The summed E-state index contributed by atoms with van der Waals surface area (Å²) in [5.74, 6) is -0.334. The van der Waals surface area contributed by atoms with Crippen molar-refractivity contribution in [1.29, 1.82) is 0 Å².